The van der Waals surface area contributed by atoms with Crippen LogP contribution in [0.1, 0.15) is 18.1 Å². The van der Waals surface area contributed by atoms with Crippen molar-refractivity contribution in [2.75, 3.05) is 7.11 Å². The average Bonchev–Trinajstić information content (AvgIpc) is 2.60. The first kappa shape index (κ1) is 21.0. The van der Waals surface area contributed by atoms with Gasteiger partial charge in [-0.2, -0.15) is 0 Å². The van der Waals surface area contributed by atoms with Gasteiger partial charge < -0.3 is 19.9 Å². The van der Waals surface area contributed by atoms with Gasteiger partial charge >= 0.3 is 5.97 Å². The lowest BCUT2D eigenvalue weighted by Gasteiger charge is -2.14. The van der Waals surface area contributed by atoms with Crippen molar-refractivity contribution in [3.8, 4) is 11.5 Å². The molecule has 6 nitrogen and oxygen atoms in total. The van der Waals surface area contributed by atoms with Crippen LogP contribution in [0.2, 0.25) is 0 Å². The minimum atomic E-state index is -1.24. The van der Waals surface area contributed by atoms with Crippen LogP contribution >= 0.6 is 31.9 Å². The number of rotatable bonds is 7. The van der Waals surface area contributed by atoms with Crippen molar-refractivity contribution < 1.29 is 24.2 Å². The number of halogens is 2. The van der Waals surface area contributed by atoms with E-state index >= 15 is 0 Å². The molecule has 2 aromatic rings. The number of aliphatic carboxylic acids is 1. The third-order valence-corrected chi connectivity index (χ3v) is 4.80. The van der Waals surface area contributed by atoms with Crippen molar-refractivity contribution in [1.29, 1.82) is 0 Å². The number of amides is 1. The van der Waals surface area contributed by atoms with Gasteiger partial charge in [0.25, 0.3) is 0 Å². The summed E-state index contributed by atoms with van der Waals surface area (Å²) in [4.78, 5) is 22.4. The lowest BCUT2D eigenvalue weighted by atomic mass is 10.1. The Morgan fingerprint density at radius 2 is 1.89 bits per heavy atom. The van der Waals surface area contributed by atoms with Gasteiger partial charge in [0.1, 0.15) is 12.3 Å². The van der Waals surface area contributed by atoms with E-state index in [1.807, 2.05) is 24.3 Å². The Kier molecular flexibility index (Phi) is 7.44. The first-order valence-corrected chi connectivity index (χ1v) is 9.36. The van der Waals surface area contributed by atoms with Crippen molar-refractivity contribution in [2.45, 2.75) is 13.5 Å². The third-order valence-electron chi connectivity index (χ3n) is 3.43. The highest BCUT2D eigenvalue weighted by molar-refractivity contribution is 9.10. The van der Waals surface area contributed by atoms with Crippen LogP contribution in [0, 0.1) is 0 Å². The predicted octanol–water partition coefficient (Wildman–Crippen LogP) is 4.36. The molecule has 0 atom stereocenters. The van der Waals surface area contributed by atoms with Gasteiger partial charge in [0.2, 0.25) is 5.91 Å². The van der Waals surface area contributed by atoms with Gasteiger partial charge in [0.05, 0.1) is 11.6 Å². The van der Waals surface area contributed by atoms with E-state index in [4.69, 9.17) is 9.47 Å². The summed E-state index contributed by atoms with van der Waals surface area (Å²) < 4.78 is 12.8. The Morgan fingerprint density at radius 1 is 1.19 bits per heavy atom. The van der Waals surface area contributed by atoms with Gasteiger partial charge in [0.15, 0.2) is 11.5 Å². The molecular formula is C19H17Br2NO5. The molecule has 0 aromatic heterocycles. The van der Waals surface area contributed by atoms with Gasteiger partial charge in [-0.3, -0.25) is 4.79 Å². The SMILES string of the molecule is COc1cc(C=C(NC(C)=O)C(=O)O)cc(Br)c1OCc1ccccc1Br. The second kappa shape index (κ2) is 9.57. The smallest absolute Gasteiger partial charge is 0.352 e. The number of hydrogen-bond donors (Lipinski definition) is 2. The van der Waals surface area contributed by atoms with Gasteiger partial charge in [-0.05, 0) is 45.8 Å². The standard InChI is InChI=1S/C19H17Br2NO5/c1-11(23)22-16(19(24)25)8-12-7-15(21)18(17(9-12)26-2)27-10-13-5-3-4-6-14(13)20/h3-9H,10H2,1-2H3,(H,22,23)(H,24,25). The minimum Gasteiger partial charge on any atom is -0.493 e. The molecule has 27 heavy (non-hydrogen) atoms. The maximum absolute atomic E-state index is 11.3. The number of nitrogens with one attached hydrogen (secondary N) is 1. The number of carbonyl (C=O) groups is 2. The number of ether oxygens (including phenoxy) is 2. The Balaban J connectivity index is 2.32. The van der Waals surface area contributed by atoms with Crippen molar-refractivity contribution in [3.05, 3.63) is 62.2 Å². The molecule has 0 bridgehead atoms. The number of carboxylic acid groups (broad SMARTS) is 1. The van der Waals surface area contributed by atoms with Gasteiger partial charge in [-0.25, -0.2) is 4.79 Å². The molecule has 2 aromatic carbocycles. The van der Waals surface area contributed by atoms with Crippen molar-refractivity contribution >= 4 is 49.8 Å². The Labute approximate surface area is 173 Å². The van der Waals surface area contributed by atoms with E-state index in [-0.39, 0.29) is 5.70 Å². The van der Waals surface area contributed by atoms with Crippen LogP contribution in [0.15, 0.2) is 51.0 Å². The van der Waals surface area contributed by atoms with Crippen LogP contribution < -0.4 is 14.8 Å². The van der Waals surface area contributed by atoms with Gasteiger partial charge in [0, 0.05) is 17.0 Å². The van der Waals surface area contributed by atoms with Crippen LogP contribution in [-0.4, -0.2) is 24.1 Å². The summed E-state index contributed by atoms with van der Waals surface area (Å²) >= 11 is 6.90. The zero-order valence-electron chi connectivity index (χ0n) is 14.6. The summed E-state index contributed by atoms with van der Waals surface area (Å²) in [5.74, 6) is -0.797. The summed E-state index contributed by atoms with van der Waals surface area (Å²) in [6, 6.07) is 11.0. The number of benzene rings is 2. The molecule has 0 spiro atoms. The fraction of sp³-hybridized carbons (Fsp3) is 0.158. The number of hydrogen-bond acceptors (Lipinski definition) is 4. The van der Waals surface area contributed by atoms with E-state index in [0.717, 1.165) is 10.0 Å². The second-order valence-electron chi connectivity index (χ2n) is 5.46. The zero-order valence-corrected chi connectivity index (χ0v) is 17.8. The normalized spacial score (nSPS) is 11.0. The molecule has 0 aliphatic rings. The molecule has 0 unspecified atom stereocenters. The van der Waals surface area contributed by atoms with Crippen LogP contribution in [0.4, 0.5) is 0 Å². The van der Waals surface area contributed by atoms with E-state index in [0.29, 0.717) is 28.1 Å². The fourth-order valence-electron chi connectivity index (χ4n) is 2.24. The number of carbonyl (C=O) groups excluding carboxylic acids is 1. The molecule has 0 saturated carbocycles. The third kappa shape index (κ3) is 5.83. The molecule has 0 heterocycles. The first-order chi connectivity index (χ1) is 12.8. The molecule has 0 radical (unpaired) electrons. The summed E-state index contributed by atoms with van der Waals surface area (Å²) in [6.07, 6.45) is 1.34. The monoisotopic (exact) mass is 497 g/mol. The molecule has 2 rings (SSSR count). The van der Waals surface area contributed by atoms with Crippen LogP contribution in [0.3, 0.4) is 0 Å². The molecule has 142 valence electrons. The Morgan fingerprint density at radius 3 is 2.48 bits per heavy atom. The predicted molar refractivity (Wildman–Crippen MR) is 109 cm³/mol. The average molecular weight is 499 g/mol. The topological polar surface area (TPSA) is 84.9 Å². The summed E-state index contributed by atoms with van der Waals surface area (Å²) in [7, 11) is 1.49. The highest BCUT2D eigenvalue weighted by Gasteiger charge is 2.14. The first-order valence-electron chi connectivity index (χ1n) is 7.78. The minimum absolute atomic E-state index is 0.238. The quantitative estimate of drug-likeness (QED) is 0.554. The molecule has 0 saturated heterocycles. The number of carboxylic acids is 1. The summed E-state index contributed by atoms with van der Waals surface area (Å²) in [5.41, 5.74) is 1.26. The van der Waals surface area contributed by atoms with Gasteiger partial charge in [-0.1, -0.05) is 34.1 Å². The second-order valence-corrected chi connectivity index (χ2v) is 7.17. The van der Waals surface area contributed by atoms with E-state index in [2.05, 4.69) is 37.2 Å². The molecule has 1 amide bonds. The van der Waals surface area contributed by atoms with Gasteiger partial charge in [-0.15, -0.1) is 0 Å². The zero-order chi connectivity index (χ0) is 20.0. The molecule has 0 aliphatic heterocycles. The van der Waals surface area contributed by atoms with Crippen LogP contribution in [-0.2, 0) is 16.2 Å². The highest BCUT2D eigenvalue weighted by atomic mass is 79.9. The van der Waals surface area contributed by atoms with E-state index in [9.17, 15) is 14.7 Å². The lowest BCUT2D eigenvalue weighted by Crippen LogP contribution is -2.24. The summed E-state index contributed by atoms with van der Waals surface area (Å²) in [5, 5.41) is 11.5. The van der Waals surface area contributed by atoms with Crippen molar-refractivity contribution in [3.63, 3.8) is 0 Å². The van der Waals surface area contributed by atoms with Crippen LogP contribution in [0.25, 0.3) is 6.08 Å². The van der Waals surface area contributed by atoms with E-state index in [1.165, 1.54) is 20.1 Å². The maximum Gasteiger partial charge on any atom is 0.352 e. The Bertz CT molecular complexity index is 896. The van der Waals surface area contributed by atoms with E-state index in [1.54, 1.807) is 12.1 Å². The highest BCUT2D eigenvalue weighted by Crippen LogP contribution is 2.38. The Hall–Kier alpha value is -2.32. The summed E-state index contributed by atoms with van der Waals surface area (Å²) in [6.45, 7) is 1.56. The van der Waals surface area contributed by atoms with Crippen LogP contribution in [0.5, 0.6) is 11.5 Å². The maximum atomic E-state index is 11.3. The van der Waals surface area contributed by atoms with Crippen molar-refractivity contribution in [2.24, 2.45) is 0 Å². The lowest BCUT2D eigenvalue weighted by molar-refractivity contribution is -0.134. The number of methoxy groups -OCH3 is 1. The molecule has 8 heteroatoms. The van der Waals surface area contributed by atoms with E-state index < -0.39 is 11.9 Å². The largest absolute Gasteiger partial charge is 0.493 e. The molecule has 0 aliphatic carbocycles. The molecule has 0 fully saturated rings. The fourth-order valence-corrected chi connectivity index (χ4v) is 3.21. The van der Waals surface area contributed by atoms with Crippen molar-refractivity contribution in [1.82, 2.24) is 5.32 Å². The molecular weight excluding hydrogens is 482 g/mol. The molecule has 2 N–H and O–H groups in total.